The van der Waals surface area contributed by atoms with E-state index in [-0.39, 0.29) is 17.5 Å². The molecule has 0 aromatic carbocycles. The van der Waals surface area contributed by atoms with E-state index in [1.165, 1.54) is 11.3 Å². The number of thiophene rings is 1. The summed E-state index contributed by atoms with van der Waals surface area (Å²) in [6, 6.07) is 4.10. The highest BCUT2D eigenvalue weighted by molar-refractivity contribution is 7.12. The number of rotatable bonds is 3. The third kappa shape index (κ3) is 3.65. The van der Waals surface area contributed by atoms with Crippen LogP contribution in [0.2, 0.25) is 0 Å². The maximum atomic E-state index is 12.9. The fraction of sp³-hybridized carbons (Fsp3) is 0.571. The van der Waals surface area contributed by atoms with Crippen molar-refractivity contribution in [2.24, 2.45) is 0 Å². The zero-order chi connectivity index (χ0) is 19.8. The highest BCUT2D eigenvalue weighted by Gasteiger charge is 2.34. The van der Waals surface area contributed by atoms with Gasteiger partial charge in [0.05, 0.1) is 22.2 Å². The summed E-state index contributed by atoms with van der Waals surface area (Å²) >= 11 is 1.46. The highest BCUT2D eigenvalue weighted by Crippen LogP contribution is 2.32. The minimum absolute atomic E-state index is 0.0357. The van der Waals surface area contributed by atoms with Crippen molar-refractivity contribution in [3.8, 4) is 0 Å². The summed E-state index contributed by atoms with van der Waals surface area (Å²) < 4.78 is 5.47. The predicted molar refractivity (Wildman–Crippen MR) is 110 cm³/mol. The van der Waals surface area contributed by atoms with Crippen LogP contribution in [0.5, 0.6) is 0 Å². The van der Waals surface area contributed by atoms with Crippen molar-refractivity contribution < 1.29 is 9.53 Å². The Morgan fingerprint density at radius 3 is 2.90 bits per heavy atom. The van der Waals surface area contributed by atoms with Crippen molar-refractivity contribution in [1.29, 1.82) is 0 Å². The Hall–Kier alpha value is -2.03. The number of hydrogen-bond acceptors (Lipinski definition) is 6. The molecule has 0 spiro atoms. The van der Waals surface area contributed by atoms with E-state index in [2.05, 4.69) is 9.88 Å². The number of amides is 1. The lowest BCUT2D eigenvalue weighted by Crippen LogP contribution is -2.44. The largest absolute Gasteiger partial charge is 0.381 e. The van der Waals surface area contributed by atoms with Gasteiger partial charge in [-0.1, -0.05) is 6.07 Å². The molecule has 0 unspecified atom stereocenters. The zero-order valence-corrected chi connectivity index (χ0v) is 17.2. The van der Waals surface area contributed by atoms with Crippen molar-refractivity contribution >= 4 is 17.2 Å². The number of fused-ring (bicyclic) bond motifs is 1. The molecule has 3 aliphatic rings. The van der Waals surface area contributed by atoms with Gasteiger partial charge in [0, 0.05) is 45.3 Å². The molecule has 7 nitrogen and oxygen atoms in total. The van der Waals surface area contributed by atoms with Crippen LogP contribution in [0.4, 0.5) is 0 Å². The molecule has 0 saturated carbocycles. The maximum Gasteiger partial charge on any atom is 0.264 e. The van der Waals surface area contributed by atoms with E-state index in [1.54, 1.807) is 0 Å². The van der Waals surface area contributed by atoms with Crippen LogP contribution in [0.3, 0.4) is 0 Å². The molecule has 5 rings (SSSR count). The molecule has 2 fully saturated rings. The second-order valence-corrected chi connectivity index (χ2v) is 9.02. The molecule has 1 atom stereocenters. The predicted octanol–water partition coefficient (Wildman–Crippen LogP) is 2.35. The summed E-state index contributed by atoms with van der Waals surface area (Å²) in [6.45, 7) is 3.90. The number of nitrogens with one attached hydrogen (secondary N) is 1. The Morgan fingerprint density at radius 1 is 1.24 bits per heavy atom. The maximum absolute atomic E-state index is 12.9. The summed E-state index contributed by atoms with van der Waals surface area (Å²) in [6.07, 6.45) is 4.61. The van der Waals surface area contributed by atoms with Gasteiger partial charge in [0.1, 0.15) is 5.82 Å². The number of ether oxygens (including phenoxy) is 1. The van der Waals surface area contributed by atoms with Gasteiger partial charge in [-0.3, -0.25) is 14.5 Å². The second-order valence-electron chi connectivity index (χ2n) is 8.07. The SMILES string of the molecule is O=C(c1cccs1)N1CCC[C@@H]1c1nc2c(c(=O)[nH]1)CN(C1CCOCC1)CC2. The third-order valence-electron chi connectivity index (χ3n) is 6.38. The van der Waals surface area contributed by atoms with Gasteiger partial charge in [-0.2, -0.15) is 0 Å². The fourth-order valence-corrected chi connectivity index (χ4v) is 5.50. The van der Waals surface area contributed by atoms with E-state index in [0.29, 0.717) is 25.0 Å². The molecule has 3 aliphatic heterocycles. The molecule has 1 amide bonds. The highest BCUT2D eigenvalue weighted by atomic mass is 32.1. The molecule has 1 N–H and O–H groups in total. The number of aromatic nitrogens is 2. The molecule has 154 valence electrons. The van der Waals surface area contributed by atoms with Crippen LogP contribution < -0.4 is 5.56 Å². The second kappa shape index (κ2) is 8.01. The van der Waals surface area contributed by atoms with Crippen LogP contribution in [0, 0.1) is 0 Å². The van der Waals surface area contributed by atoms with E-state index >= 15 is 0 Å². The van der Waals surface area contributed by atoms with Crippen molar-refractivity contribution in [3.05, 3.63) is 49.8 Å². The topological polar surface area (TPSA) is 78.5 Å². The molecule has 0 aliphatic carbocycles. The van der Waals surface area contributed by atoms with Gasteiger partial charge in [0.15, 0.2) is 0 Å². The normalized spacial score (nSPS) is 23.3. The summed E-state index contributed by atoms with van der Waals surface area (Å²) in [7, 11) is 0. The van der Waals surface area contributed by atoms with Crippen molar-refractivity contribution in [2.75, 3.05) is 26.3 Å². The quantitative estimate of drug-likeness (QED) is 0.834. The van der Waals surface area contributed by atoms with Gasteiger partial charge in [0.25, 0.3) is 11.5 Å². The molecule has 8 heteroatoms. The van der Waals surface area contributed by atoms with Crippen molar-refractivity contribution in [3.63, 3.8) is 0 Å². The first kappa shape index (κ1) is 19.0. The first-order valence-corrected chi connectivity index (χ1v) is 11.4. The van der Waals surface area contributed by atoms with E-state index in [0.717, 1.165) is 68.0 Å². The van der Waals surface area contributed by atoms with Gasteiger partial charge in [-0.25, -0.2) is 4.98 Å². The van der Waals surface area contributed by atoms with Crippen LogP contribution in [0.1, 0.15) is 58.5 Å². The zero-order valence-electron chi connectivity index (χ0n) is 16.4. The Kier molecular flexibility index (Phi) is 5.24. The van der Waals surface area contributed by atoms with Gasteiger partial charge in [-0.15, -0.1) is 11.3 Å². The van der Waals surface area contributed by atoms with E-state index in [9.17, 15) is 9.59 Å². The molecule has 2 aromatic heterocycles. The molecule has 0 radical (unpaired) electrons. The van der Waals surface area contributed by atoms with E-state index in [1.807, 2.05) is 22.4 Å². The summed E-state index contributed by atoms with van der Waals surface area (Å²) in [4.78, 5) is 38.7. The Bertz CT molecular complexity index is 936. The number of hydrogen-bond donors (Lipinski definition) is 1. The Labute approximate surface area is 173 Å². The molecule has 5 heterocycles. The van der Waals surface area contributed by atoms with Gasteiger partial charge in [0.2, 0.25) is 0 Å². The van der Waals surface area contributed by atoms with Gasteiger partial charge >= 0.3 is 0 Å². The lowest BCUT2D eigenvalue weighted by Gasteiger charge is -2.37. The number of H-pyrrole nitrogens is 1. The summed E-state index contributed by atoms with van der Waals surface area (Å²) in [5.41, 5.74) is 1.65. The van der Waals surface area contributed by atoms with E-state index in [4.69, 9.17) is 9.72 Å². The van der Waals surface area contributed by atoms with Gasteiger partial charge < -0.3 is 14.6 Å². The minimum Gasteiger partial charge on any atom is -0.381 e. The van der Waals surface area contributed by atoms with Crippen LogP contribution in [-0.2, 0) is 17.7 Å². The van der Waals surface area contributed by atoms with Crippen LogP contribution in [0.25, 0.3) is 0 Å². The van der Waals surface area contributed by atoms with Crippen molar-refractivity contribution in [1.82, 2.24) is 19.8 Å². The third-order valence-corrected chi connectivity index (χ3v) is 7.24. The minimum atomic E-state index is -0.142. The number of carbonyl (C=O) groups is 1. The first-order valence-electron chi connectivity index (χ1n) is 10.5. The molecule has 2 saturated heterocycles. The molecule has 0 bridgehead atoms. The molecular weight excluding hydrogens is 388 g/mol. The lowest BCUT2D eigenvalue weighted by molar-refractivity contribution is 0.0285. The summed E-state index contributed by atoms with van der Waals surface area (Å²) in [5, 5.41) is 1.92. The van der Waals surface area contributed by atoms with Crippen LogP contribution in [-0.4, -0.2) is 58.0 Å². The van der Waals surface area contributed by atoms with Crippen LogP contribution in [0.15, 0.2) is 22.3 Å². The monoisotopic (exact) mass is 414 g/mol. The first-order chi connectivity index (χ1) is 14.2. The molecule has 2 aromatic rings. The average molecular weight is 415 g/mol. The number of aromatic amines is 1. The number of carbonyl (C=O) groups excluding carboxylic acids is 1. The van der Waals surface area contributed by atoms with Crippen LogP contribution >= 0.6 is 11.3 Å². The van der Waals surface area contributed by atoms with E-state index < -0.39 is 0 Å². The van der Waals surface area contributed by atoms with Crippen molar-refractivity contribution in [2.45, 2.75) is 50.7 Å². The average Bonchev–Trinajstić information content (AvgIpc) is 3.46. The number of likely N-dealkylation sites (tertiary alicyclic amines) is 1. The smallest absolute Gasteiger partial charge is 0.264 e. The Balaban J connectivity index is 1.38. The van der Waals surface area contributed by atoms with Gasteiger partial charge in [-0.05, 0) is 37.1 Å². The number of nitrogens with zero attached hydrogens (tertiary/aromatic N) is 3. The lowest BCUT2D eigenvalue weighted by atomic mass is 10.0. The molecule has 29 heavy (non-hydrogen) atoms. The fourth-order valence-electron chi connectivity index (χ4n) is 4.82. The Morgan fingerprint density at radius 2 is 2.10 bits per heavy atom. The molecular formula is C21H26N4O3S. The standard InChI is InChI=1S/C21H26N4O3S/c26-20-15-13-24(14-6-10-28-11-7-14)9-5-16(15)22-19(23-20)17-3-1-8-25(17)21(27)18-4-2-12-29-18/h2,4,12,14,17H,1,3,5-11,13H2,(H,22,23,26)/t17-/m1/s1. The summed E-state index contributed by atoms with van der Waals surface area (Å²) in [5.74, 6) is 0.684.